The van der Waals surface area contributed by atoms with Gasteiger partial charge in [0.25, 0.3) is 11.8 Å². The van der Waals surface area contributed by atoms with E-state index in [4.69, 9.17) is 0 Å². The van der Waals surface area contributed by atoms with Crippen molar-refractivity contribution in [1.82, 2.24) is 4.98 Å². The monoisotopic (exact) mass is 281 g/mol. The molecule has 2 rings (SSSR count). The number of hydrogen-bond acceptors (Lipinski definition) is 3. The highest BCUT2D eigenvalue weighted by Crippen LogP contribution is 2.16. The summed E-state index contributed by atoms with van der Waals surface area (Å²) in [5, 5.41) is 5.44. The summed E-state index contributed by atoms with van der Waals surface area (Å²) in [6.45, 7) is 5.20. The third-order valence-corrected chi connectivity index (χ3v) is 2.69. The van der Waals surface area contributed by atoms with Gasteiger partial charge in [-0.05, 0) is 37.3 Å². The third-order valence-electron chi connectivity index (χ3n) is 2.69. The van der Waals surface area contributed by atoms with Crippen LogP contribution in [-0.2, 0) is 4.79 Å². The standard InChI is InChI=1S/C16H15N3O2/c1-11(2)15(20)18-13-6-3-7-14(9-13)19-16(21)12-5-4-8-17-10-12/h3-10H,1H2,2H3,(H,18,20)(H,19,21). The summed E-state index contributed by atoms with van der Waals surface area (Å²) in [4.78, 5) is 27.5. The molecule has 1 aromatic carbocycles. The van der Waals surface area contributed by atoms with Crippen LogP contribution in [0.15, 0.2) is 60.9 Å². The Balaban J connectivity index is 2.09. The Bertz CT molecular complexity index is 681. The summed E-state index contributed by atoms with van der Waals surface area (Å²) in [5.74, 6) is -0.516. The van der Waals surface area contributed by atoms with Gasteiger partial charge in [0.05, 0.1) is 5.56 Å². The molecule has 2 amide bonds. The molecule has 0 saturated carbocycles. The number of nitrogens with zero attached hydrogens (tertiary/aromatic N) is 1. The van der Waals surface area contributed by atoms with Crippen LogP contribution in [0, 0.1) is 0 Å². The smallest absolute Gasteiger partial charge is 0.257 e. The second-order valence-electron chi connectivity index (χ2n) is 4.51. The van der Waals surface area contributed by atoms with Crippen LogP contribution < -0.4 is 10.6 Å². The number of benzene rings is 1. The van der Waals surface area contributed by atoms with Gasteiger partial charge >= 0.3 is 0 Å². The maximum atomic E-state index is 12.0. The molecule has 2 aromatic rings. The van der Waals surface area contributed by atoms with E-state index in [0.29, 0.717) is 22.5 Å². The summed E-state index contributed by atoms with van der Waals surface area (Å²) in [7, 11) is 0. The van der Waals surface area contributed by atoms with E-state index in [9.17, 15) is 9.59 Å². The van der Waals surface area contributed by atoms with Crippen molar-refractivity contribution in [3.63, 3.8) is 0 Å². The number of nitrogens with one attached hydrogen (secondary N) is 2. The average molecular weight is 281 g/mol. The summed E-state index contributed by atoms with van der Waals surface area (Å²) in [6, 6.07) is 10.3. The number of hydrogen-bond donors (Lipinski definition) is 2. The quantitative estimate of drug-likeness (QED) is 0.846. The minimum Gasteiger partial charge on any atom is -0.322 e. The number of amides is 2. The Morgan fingerprint density at radius 3 is 2.43 bits per heavy atom. The predicted molar refractivity (Wildman–Crippen MR) is 82.1 cm³/mol. The van der Waals surface area contributed by atoms with E-state index in [1.165, 1.54) is 6.20 Å². The molecule has 21 heavy (non-hydrogen) atoms. The predicted octanol–water partition coefficient (Wildman–Crippen LogP) is 2.85. The van der Waals surface area contributed by atoms with Crippen LogP contribution in [0.5, 0.6) is 0 Å². The largest absolute Gasteiger partial charge is 0.322 e. The first-order chi connectivity index (χ1) is 10.1. The van der Waals surface area contributed by atoms with Gasteiger partial charge in [0.15, 0.2) is 0 Å². The lowest BCUT2D eigenvalue weighted by atomic mass is 10.2. The number of aromatic nitrogens is 1. The molecule has 0 atom stereocenters. The van der Waals surface area contributed by atoms with Gasteiger partial charge in [-0.15, -0.1) is 0 Å². The first-order valence-electron chi connectivity index (χ1n) is 6.34. The molecule has 0 unspecified atom stereocenters. The van der Waals surface area contributed by atoms with E-state index < -0.39 is 0 Å². The topological polar surface area (TPSA) is 71.1 Å². The van der Waals surface area contributed by atoms with E-state index in [-0.39, 0.29) is 11.8 Å². The van der Waals surface area contributed by atoms with Crippen molar-refractivity contribution in [3.8, 4) is 0 Å². The summed E-state index contributed by atoms with van der Waals surface area (Å²) in [5.41, 5.74) is 2.06. The fraction of sp³-hybridized carbons (Fsp3) is 0.0625. The van der Waals surface area contributed by atoms with Gasteiger partial charge in [-0.25, -0.2) is 0 Å². The van der Waals surface area contributed by atoms with Crippen LogP contribution in [-0.4, -0.2) is 16.8 Å². The fourth-order valence-corrected chi connectivity index (χ4v) is 1.61. The number of carbonyl (C=O) groups excluding carboxylic acids is 2. The zero-order chi connectivity index (χ0) is 15.2. The van der Waals surface area contributed by atoms with Crippen LogP contribution in [0.1, 0.15) is 17.3 Å². The highest BCUT2D eigenvalue weighted by atomic mass is 16.2. The molecule has 0 aliphatic heterocycles. The average Bonchev–Trinajstić information content (AvgIpc) is 2.48. The lowest BCUT2D eigenvalue weighted by Crippen LogP contribution is -2.14. The first-order valence-corrected chi connectivity index (χ1v) is 6.34. The molecule has 0 saturated heterocycles. The Hall–Kier alpha value is -2.95. The first kappa shape index (κ1) is 14.5. The van der Waals surface area contributed by atoms with Gasteiger partial charge in [0, 0.05) is 29.3 Å². The number of anilines is 2. The van der Waals surface area contributed by atoms with E-state index in [1.54, 1.807) is 49.5 Å². The molecule has 0 spiro atoms. The SMILES string of the molecule is C=C(C)C(=O)Nc1cccc(NC(=O)c2cccnc2)c1. The molecule has 0 bridgehead atoms. The van der Waals surface area contributed by atoms with E-state index in [0.717, 1.165) is 0 Å². The van der Waals surface area contributed by atoms with Gasteiger partial charge in [-0.1, -0.05) is 12.6 Å². The van der Waals surface area contributed by atoms with Crippen molar-refractivity contribution in [2.24, 2.45) is 0 Å². The molecule has 5 heteroatoms. The second-order valence-corrected chi connectivity index (χ2v) is 4.51. The molecule has 106 valence electrons. The van der Waals surface area contributed by atoms with Gasteiger partial charge in [-0.3, -0.25) is 14.6 Å². The lowest BCUT2D eigenvalue weighted by Gasteiger charge is -2.08. The van der Waals surface area contributed by atoms with Crippen LogP contribution in [0.2, 0.25) is 0 Å². The molecule has 0 fully saturated rings. The normalized spacial score (nSPS) is 9.76. The zero-order valence-electron chi connectivity index (χ0n) is 11.6. The Labute approximate surface area is 122 Å². The molecule has 2 N–H and O–H groups in total. The van der Waals surface area contributed by atoms with Gasteiger partial charge < -0.3 is 10.6 Å². The van der Waals surface area contributed by atoms with Crippen LogP contribution in [0.4, 0.5) is 11.4 Å². The molecular formula is C16H15N3O2. The summed E-state index contributed by atoms with van der Waals surface area (Å²) in [6.07, 6.45) is 3.09. The molecule has 5 nitrogen and oxygen atoms in total. The Kier molecular flexibility index (Phi) is 4.46. The summed E-state index contributed by atoms with van der Waals surface area (Å²) < 4.78 is 0. The highest BCUT2D eigenvalue weighted by Gasteiger charge is 2.07. The van der Waals surface area contributed by atoms with Crippen molar-refractivity contribution >= 4 is 23.2 Å². The minimum atomic E-state index is -0.259. The molecule has 0 radical (unpaired) electrons. The van der Waals surface area contributed by atoms with Crippen molar-refractivity contribution < 1.29 is 9.59 Å². The van der Waals surface area contributed by atoms with Crippen LogP contribution in [0.3, 0.4) is 0 Å². The fourth-order valence-electron chi connectivity index (χ4n) is 1.61. The highest BCUT2D eigenvalue weighted by molar-refractivity contribution is 6.05. The summed E-state index contributed by atoms with van der Waals surface area (Å²) >= 11 is 0. The molecule has 1 aromatic heterocycles. The number of pyridine rings is 1. The van der Waals surface area contributed by atoms with E-state index in [2.05, 4.69) is 22.2 Å². The Morgan fingerprint density at radius 1 is 1.10 bits per heavy atom. The number of carbonyl (C=O) groups is 2. The maximum absolute atomic E-state index is 12.0. The van der Waals surface area contributed by atoms with Gasteiger partial charge in [-0.2, -0.15) is 0 Å². The van der Waals surface area contributed by atoms with Gasteiger partial charge in [0.1, 0.15) is 0 Å². The van der Waals surface area contributed by atoms with Crippen LogP contribution in [0.25, 0.3) is 0 Å². The third kappa shape index (κ3) is 4.01. The van der Waals surface area contributed by atoms with E-state index >= 15 is 0 Å². The number of rotatable bonds is 4. The molecule has 1 heterocycles. The lowest BCUT2D eigenvalue weighted by molar-refractivity contribution is -0.112. The molecule has 0 aliphatic carbocycles. The van der Waals surface area contributed by atoms with Crippen molar-refractivity contribution in [1.29, 1.82) is 0 Å². The minimum absolute atomic E-state index is 0.258. The zero-order valence-corrected chi connectivity index (χ0v) is 11.6. The Morgan fingerprint density at radius 2 is 1.81 bits per heavy atom. The van der Waals surface area contributed by atoms with Crippen molar-refractivity contribution in [2.45, 2.75) is 6.92 Å². The van der Waals surface area contributed by atoms with Crippen molar-refractivity contribution in [3.05, 3.63) is 66.5 Å². The van der Waals surface area contributed by atoms with Crippen molar-refractivity contribution in [2.75, 3.05) is 10.6 Å². The van der Waals surface area contributed by atoms with Crippen LogP contribution >= 0.6 is 0 Å². The molecular weight excluding hydrogens is 266 g/mol. The second kappa shape index (κ2) is 6.47. The maximum Gasteiger partial charge on any atom is 0.257 e. The van der Waals surface area contributed by atoms with Gasteiger partial charge in [0.2, 0.25) is 0 Å². The van der Waals surface area contributed by atoms with E-state index in [1.807, 2.05) is 0 Å². The molecule has 0 aliphatic rings.